The Morgan fingerprint density at radius 2 is 1.90 bits per heavy atom. The number of aliphatic imine (C=N–C) groups is 1. The SMILES string of the molecule is C=CCN1C(=O)CN=C(c2cc(OC)c(OC)c(OC)c2)c2c1sc1c2CCC1. The van der Waals surface area contributed by atoms with Crippen molar-refractivity contribution in [1.29, 1.82) is 0 Å². The number of hydrogen-bond donors (Lipinski definition) is 0. The smallest absolute Gasteiger partial charge is 0.249 e. The minimum atomic E-state index is -0.0199. The number of carbonyl (C=O) groups excluding carboxylic acids is 1. The molecule has 1 amide bonds. The number of rotatable bonds is 6. The summed E-state index contributed by atoms with van der Waals surface area (Å²) < 4.78 is 16.5. The highest BCUT2D eigenvalue weighted by atomic mass is 32.1. The van der Waals surface area contributed by atoms with Gasteiger partial charge in [-0.2, -0.15) is 0 Å². The van der Waals surface area contributed by atoms with Crippen molar-refractivity contribution in [3.8, 4) is 17.2 Å². The normalized spacial score (nSPS) is 15.3. The molecule has 0 radical (unpaired) electrons. The summed E-state index contributed by atoms with van der Waals surface area (Å²) in [5.74, 6) is 1.65. The van der Waals surface area contributed by atoms with Gasteiger partial charge in [0.15, 0.2) is 11.5 Å². The minimum absolute atomic E-state index is 0.0199. The summed E-state index contributed by atoms with van der Waals surface area (Å²) in [5.41, 5.74) is 4.02. The van der Waals surface area contributed by atoms with E-state index in [2.05, 4.69) is 6.58 Å². The third-order valence-corrected chi connectivity index (χ3v) is 6.62. The largest absolute Gasteiger partial charge is 0.493 e. The van der Waals surface area contributed by atoms with Crippen molar-refractivity contribution >= 4 is 28.0 Å². The van der Waals surface area contributed by atoms with Crippen LogP contribution in [-0.2, 0) is 17.6 Å². The molecule has 0 saturated heterocycles. The molecule has 1 aliphatic heterocycles. The quantitative estimate of drug-likeness (QED) is 0.680. The molecule has 2 aliphatic rings. The first-order valence-electron chi connectivity index (χ1n) is 9.53. The fourth-order valence-electron chi connectivity index (χ4n) is 4.02. The maximum atomic E-state index is 12.8. The van der Waals surface area contributed by atoms with E-state index in [1.165, 1.54) is 10.4 Å². The summed E-state index contributed by atoms with van der Waals surface area (Å²) in [4.78, 5) is 20.7. The molecule has 1 aromatic carbocycles. The van der Waals surface area contributed by atoms with Gasteiger partial charge in [0.05, 0.1) is 27.0 Å². The number of amides is 1. The van der Waals surface area contributed by atoms with Crippen LogP contribution in [0.25, 0.3) is 0 Å². The summed E-state index contributed by atoms with van der Waals surface area (Å²) in [6, 6.07) is 3.80. The van der Waals surface area contributed by atoms with Gasteiger partial charge in [-0.25, -0.2) is 0 Å². The second kappa shape index (κ2) is 7.91. The van der Waals surface area contributed by atoms with Gasteiger partial charge in [0.1, 0.15) is 11.5 Å². The van der Waals surface area contributed by atoms with Gasteiger partial charge in [0.25, 0.3) is 0 Å². The van der Waals surface area contributed by atoms with E-state index >= 15 is 0 Å². The molecule has 0 fully saturated rings. The van der Waals surface area contributed by atoms with Crippen LogP contribution in [0.15, 0.2) is 29.8 Å². The molecule has 2 heterocycles. The number of benzene rings is 1. The number of hydrogen-bond acceptors (Lipinski definition) is 6. The Morgan fingerprint density at radius 1 is 1.17 bits per heavy atom. The molecule has 152 valence electrons. The van der Waals surface area contributed by atoms with Crippen LogP contribution in [0.5, 0.6) is 17.2 Å². The van der Waals surface area contributed by atoms with E-state index in [0.717, 1.165) is 41.1 Å². The van der Waals surface area contributed by atoms with Crippen molar-refractivity contribution in [2.75, 3.05) is 39.3 Å². The Labute approximate surface area is 174 Å². The molecule has 29 heavy (non-hydrogen) atoms. The molecule has 1 aromatic heterocycles. The topological polar surface area (TPSA) is 60.4 Å². The van der Waals surface area contributed by atoms with Gasteiger partial charge in [-0.1, -0.05) is 6.08 Å². The van der Waals surface area contributed by atoms with Crippen LogP contribution in [0.1, 0.15) is 28.0 Å². The second-order valence-electron chi connectivity index (χ2n) is 6.91. The van der Waals surface area contributed by atoms with Crippen molar-refractivity contribution in [3.05, 3.63) is 46.4 Å². The van der Waals surface area contributed by atoms with Crippen LogP contribution in [0.4, 0.5) is 5.00 Å². The highest BCUT2D eigenvalue weighted by Crippen LogP contribution is 2.45. The summed E-state index contributed by atoms with van der Waals surface area (Å²) in [6.07, 6.45) is 4.94. The first kappa shape index (κ1) is 19.5. The van der Waals surface area contributed by atoms with Crippen LogP contribution in [0.3, 0.4) is 0 Å². The molecule has 6 nitrogen and oxygen atoms in total. The van der Waals surface area contributed by atoms with E-state index in [-0.39, 0.29) is 12.5 Å². The average Bonchev–Trinajstić information content (AvgIpc) is 3.29. The van der Waals surface area contributed by atoms with Gasteiger partial charge in [0, 0.05) is 22.5 Å². The molecule has 0 unspecified atom stereocenters. The predicted octanol–water partition coefficient (Wildman–Crippen LogP) is 3.63. The van der Waals surface area contributed by atoms with Crippen molar-refractivity contribution in [1.82, 2.24) is 0 Å². The van der Waals surface area contributed by atoms with Crippen LogP contribution >= 0.6 is 11.3 Å². The van der Waals surface area contributed by atoms with E-state index in [9.17, 15) is 4.79 Å². The number of fused-ring (bicyclic) bond motifs is 3. The number of anilines is 1. The Morgan fingerprint density at radius 3 is 2.52 bits per heavy atom. The lowest BCUT2D eigenvalue weighted by Gasteiger charge is -2.19. The zero-order chi connectivity index (χ0) is 20.5. The molecule has 0 atom stereocenters. The van der Waals surface area contributed by atoms with E-state index in [4.69, 9.17) is 19.2 Å². The van der Waals surface area contributed by atoms with E-state index in [1.807, 2.05) is 12.1 Å². The van der Waals surface area contributed by atoms with Crippen molar-refractivity contribution in [2.45, 2.75) is 19.3 Å². The summed E-state index contributed by atoms with van der Waals surface area (Å²) in [6.45, 7) is 4.39. The Kier molecular flexibility index (Phi) is 5.32. The third kappa shape index (κ3) is 3.19. The number of carbonyl (C=O) groups is 1. The van der Waals surface area contributed by atoms with E-state index in [0.29, 0.717) is 23.8 Å². The lowest BCUT2D eigenvalue weighted by molar-refractivity contribution is -0.117. The molecule has 4 rings (SSSR count). The number of thiophene rings is 1. The molecule has 0 bridgehead atoms. The van der Waals surface area contributed by atoms with Gasteiger partial charge in [0.2, 0.25) is 11.7 Å². The molecule has 1 aliphatic carbocycles. The van der Waals surface area contributed by atoms with Crippen LogP contribution in [-0.4, -0.2) is 46.0 Å². The average molecular weight is 413 g/mol. The van der Waals surface area contributed by atoms with E-state index in [1.54, 1.807) is 43.6 Å². The maximum absolute atomic E-state index is 12.8. The van der Waals surface area contributed by atoms with Crippen LogP contribution < -0.4 is 19.1 Å². The lowest BCUT2D eigenvalue weighted by atomic mass is 9.98. The number of methoxy groups -OCH3 is 3. The second-order valence-corrected chi connectivity index (χ2v) is 7.99. The van der Waals surface area contributed by atoms with Crippen LogP contribution in [0, 0.1) is 0 Å². The highest BCUT2D eigenvalue weighted by Gasteiger charge is 2.33. The van der Waals surface area contributed by atoms with Gasteiger partial charge in [-0.15, -0.1) is 17.9 Å². The monoisotopic (exact) mass is 412 g/mol. The number of nitrogens with zero attached hydrogens (tertiary/aromatic N) is 2. The molecule has 0 N–H and O–H groups in total. The summed E-state index contributed by atoms with van der Waals surface area (Å²) in [5, 5.41) is 0.963. The predicted molar refractivity (Wildman–Crippen MR) is 115 cm³/mol. The first-order valence-corrected chi connectivity index (χ1v) is 10.4. The summed E-state index contributed by atoms with van der Waals surface area (Å²) >= 11 is 1.70. The van der Waals surface area contributed by atoms with Gasteiger partial charge in [-0.3, -0.25) is 14.7 Å². The Hall–Kier alpha value is -2.80. The highest BCUT2D eigenvalue weighted by molar-refractivity contribution is 7.17. The lowest BCUT2D eigenvalue weighted by Crippen LogP contribution is -2.31. The summed E-state index contributed by atoms with van der Waals surface area (Å²) in [7, 11) is 4.77. The minimum Gasteiger partial charge on any atom is -0.493 e. The zero-order valence-electron chi connectivity index (χ0n) is 16.9. The molecule has 0 saturated carbocycles. The van der Waals surface area contributed by atoms with Gasteiger partial charge < -0.3 is 14.2 Å². The third-order valence-electron chi connectivity index (χ3n) is 5.31. The van der Waals surface area contributed by atoms with E-state index < -0.39 is 0 Å². The van der Waals surface area contributed by atoms with Gasteiger partial charge >= 0.3 is 0 Å². The molecule has 0 spiro atoms. The number of aryl methyl sites for hydroxylation is 1. The first-order chi connectivity index (χ1) is 14.1. The molecule has 7 heteroatoms. The maximum Gasteiger partial charge on any atom is 0.249 e. The fraction of sp³-hybridized carbons (Fsp3) is 0.364. The van der Waals surface area contributed by atoms with Crippen molar-refractivity contribution < 1.29 is 19.0 Å². The molecular weight excluding hydrogens is 388 g/mol. The standard InChI is InChI=1S/C22H24N2O4S/c1-5-9-24-18(25)12-23-20(19-14-7-6-8-17(14)29-22(19)24)13-10-15(26-2)21(28-4)16(11-13)27-3/h5,10-11H,1,6-9,12H2,2-4H3. The van der Waals surface area contributed by atoms with Crippen molar-refractivity contribution in [3.63, 3.8) is 0 Å². The molecule has 2 aromatic rings. The molecular formula is C22H24N2O4S. The van der Waals surface area contributed by atoms with Gasteiger partial charge in [-0.05, 0) is 37.0 Å². The number of ether oxygens (including phenoxy) is 3. The Balaban J connectivity index is 1.94. The zero-order valence-corrected chi connectivity index (χ0v) is 17.7. The van der Waals surface area contributed by atoms with Crippen LogP contribution in [0.2, 0.25) is 0 Å². The Bertz CT molecular complexity index is 983. The van der Waals surface area contributed by atoms with Crippen molar-refractivity contribution in [2.24, 2.45) is 4.99 Å². The fourth-order valence-corrected chi connectivity index (χ4v) is 5.43.